The summed E-state index contributed by atoms with van der Waals surface area (Å²) in [6, 6.07) is 25.0. The molecule has 0 saturated carbocycles. The molecule has 122 valence electrons. The molecule has 1 unspecified atom stereocenters. The van der Waals surface area contributed by atoms with E-state index in [0.29, 0.717) is 0 Å². The van der Waals surface area contributed by atoms with E-state index in [0.717, 1.165) is 11.1 Å². The summed E-state index contributed by atoms with van der Waals surface area (Å²) in [5, 5.41) is 8.93. The summed E-state index contributed by atoms with van der Waals surface area (Å²) in [5.41, 5.74) is 2.03. The average molecular weight is 342 g/mol. The first-order valence-corrected chi connectivity index (χ1v) is 8.67. The Bertz CT molecular complexity index is 819. The maximum absolute atomic E-state index is 12.4. The lowest BCUT2D eigenvalue weighted by Gasteiger charge is -2.15. The number of phosphoric ester groups is 1. The Labute approximate surface area is 139 Å². The maximum atomic E-state index is 12.4. The fraction of sp³-hybridized carbons (Fsp3) is 0. The van der Waals surface area contributed by atoms with Gasteiger partial charge in [0.05, 0.1) is 0 Å². The molecule has 1 atom stereocenters. The zero-order valence-electron chi connectivity index (χ0n) is 12.6. The summed E-state index contributed by atoms with van der Waals surface area (Å²) in [6.45, 7) is 0. The van der Waals surface area contributed by atoms with Gasteiger partial charge < -0.3 is 9.05 Å². The van der Waals surface area contributed by atoms with Crippen LogP contribution in [-0.2, 0) is 9.24 Å². The minimum atomic E-state index is -4.18. The van der Waals surface area contributed by atoms with E-state index < -0.39 is 7.82 Å². The highest BCUT2D eigenvalue weighted by molar-refractivity contribution is 7.49. The number of benzene rings is 3. The number of para-hydroxylation sites is 1. The van der Waals surface area contributed by atoms with E-state index in [2.05, 4.69) is 4.67 Å². The van der Waals surface area contributed by atoms with Crippen LogP contribution in [0.25, 0.3) is 11.1 Å². The second kappa shape index (κ2) is 7.32. The molecule has 0 amide bonds. The quantitative estimate of drug-likeness (QED) is 0.369. The van der Waals surface area contributed by atoms with Gasteiger partial charge in [-0.15, -0.1) is 4.67 Å². The van der Waals surface area contributed by atoms with E-state index in [1.165, 1.54) is 0 Å². The molecule has 3 rings (SSSR count). The van der Waals surface area contributed by atoms with Gasteiger partial charge in [-0.2, -0.15) is 0 Å². The van der Waals surface area contributed by atoms with E-state index >= 15 is 0 Å². The summed E-state index contributed by atoms with van der Waals surface area (Å²) in [7, 11) is -4.18. The fourth-order valence-corrected chi connectivity index (χ4v) is 2.99. The summed E-state index contributed by atoms with van der Waals surface area (Å²) >= 11 is 0. The van der Waals surface area contributed by atoms with Crippen LogP contribution in [0.4, 0.5) is 0 Å². The van der Waals surface area contributed by atoms with Crippen molar-refractivity contribution in [3.05, 3.63) is 84.9 Å². The SMILES string of the molecule is O=P(OO)(Oc1ccccc1)Oc1ccc(-c2ccccc2)cc1. The van der Waals surface area contributed by atoms with Crippen LogP contribution < -0.4 is 9.05 Å². The Balaban J connectivity index is 1.75. The van der Waals surface area contributed by atoms with E-state index in [4.69, 9.17) is 14.3 Å². The largest absolute Gasteiger partial charge is 0.615 e. The van der Waals surface area contributed by atoms with Crippen molar-refractivity contribution >= 4 is 7.82 Å². The summed E-state index contributed by atoms with van der Waals surface area (Å²) < 4.78 is 26.7. The number of rotatable bonds is 6. The van der Waals surface area contributed by atoms with E-state index in [1.807, 2.05) is 42.5 Å². The second-order valence-corrected chi connectivity index (χ2v) is 6.34. The third-order valence-electron chi connectivity index (χ3n) is 3.24. The summed E-state index contributed by atoms with van der Waals surface area (Å²) in [5.74, 6) is 0.513. The molecule has 1 N–H and O–H groups in total. The lowest BCUT2D eigenvalue weighted by molar-refractivity contribution is -0.154. The zero-order valence-corrected chi connectivity index (χ0v) is 13.5. The van der Waals surface area contributed by atoms with Crippen molar-refractivity contribution in [1.29, 1.82) is 0 Å². The van der Waals surface area contributed by atoms with E-state index in [9.17, 15) is 4.57 Å². The lowest BCUT2D eigenvalue weighted by atomic mass is 10.1. The topological polar surface area (TPSA) is 65.0 Å². The molecular formula is C18H15O5P. The van der Waals surface area contributed by atoms with Gasteiger partial charge >= 0.3 is 7.82 Å². The second-order valence-electron chi connectivity index (χ2n) is 4.91. The fourth-order valence-electron chi connectivity index (χ4n) is 2.13. The van der Waals surface area contributed by atoms with E-state index in [-0.39, 0.29) is 11.5 Å². The van der Waals surface area contributed by atoms with Crippen LogP contribution in [0.5, 0.6) is 11.5 Å². The number of hydrogen-bond donors (Lipinski definition) is 1. The molecular weight excluding hydrogens is 327 g/mol. The van der Waals surface area contributed by atoms with Gasteiger partial charge in [0.25, 0.3) is 0 Å². The minimum Gasteiger partial charge on any atom is -0.394 e. The Morgan fingerprint density at radius 1 is 0.625 bits per heavy atom. The van der Waals surface area contributed by atoms with Crippen LogP contribution in [0.15, 0.2) is 84.9 Å². The van der Waals surface area contributed by atoms with Crippen molar-refractivity contribution in [2.24, 2.45) is 0 Å². The molecule has 3 aromatic carbocycles. The first kappa shape index (κ1) is 16.3. The van der Waals surface area contributed by atoms with Gasteiger partial charge in [-0.1, -0.05) is 60.7 Å². The highest BCUT2D eigenvalue weighted by Gasteiger charge is 2.31. The highest BCUT2D eigenvalue weighted by atomic mass is 31.2. The highest BCUT2D eigenvalue weighted by Crippen LogP contribution is 2.48. The molecule has 0 saturated heterocycles. The minimum absolute atomic E-state index is 0.253. The summed E-state index contributed by atoms with van der Waals surface area (Å²) in [6.07, 6.45) is 0. The van der Waals surface area contributed by atoms with Crippen LogP contribution in [0.1, 0.15) is 0 Å². The molecule has 0 fully saturated rings. The van der Waals surface area contributed by atoms with Crippen LogP contribution in [0, 0.1) is 0 Å². The molecule has 0 bridgehead atoms. The first-order chi connectivity index (χ1) is 11.7. The standard InChI is InChI=1S/C18H15O5P/c19-23-24(20,21-17-9-5-2-6-10-17)22-18-13-11-16(12-14-18)15-7-3-1-4-8-15/h1-14,19H. The molecule has 6 heteroatoms. The first-order valence-electron chi connectivity index (χ1n) is 7.21. The van der Waals surface area contributed by atoms with Gasteiger partial charge in [-0.05, 0) is 35.4 Å². The van der Waals surface area contributed by atoms with Crippen molar-refractivity contribution < 1.29 is 23.5 Å². The van der Waals surface area contributed by atoms with Crippen molar-refractivity contribution in [3.8, 4) is 22.6 Å². The molecule has 3 aromatic rings. The number of phosphoric acid groups is 1. The smallest absolute Gasteiger partial charge is 0.394 e. The molecule has 5 nitrogen and oxygen atoms in total. The molecule has 0 radical (unpaired) electrons. The van der Waals surface area contributed by atoms with Crippen molar-refractivity contribution in [2.75, 3.05) is 0 Å². The normalized spacial score (nSPS) is 13.0. The Kier molecular flexibility index (Phi) is 4.96. The van der Waals surface area contributed by atoms with Crippen molar-refractivity contribution in [3.63, 3.8) is 0 Å². The van der Waals surface area contributed by atoms with Gasteiger partial charge in [-0.3, -0.25) is 0 Å². The molecule has 24 heavy (non-hydrogen) atoms. The summed E-state index contributed by atoms with van der Waals surface area (Å²) in [4.78, 5) is 0. The predicted octanol–water partition coefficient (Wildman–Crippen LogP) is 5.41. The monoisotopic (exact) mass is 342 g/mol. The van der Waals surface area contributed by atoms with Crippen LogP contribution >= 0.6 is 7.82 Å². The van der Waals surface area contributed by atoms with Crippen LogP contribution in [0.3, 0.4) is 0 Å². The molecule has 0 heterocycles. The maximum Gasteiger partial charge on any atom is 0.615 e. The van der Waals surface area contributed by atoms with Gasteiger partial charge in [0.15, 0.2) is 0 Å². The van der Waals surface area contributed by atoms with Crippen molar-refractivity contribution in [2.45, 2.75) is 0 Å². The lowest BCUT2D eigenvalue weighted by Crippen LogP contribution is -2.03. The van der Waals surface area contributed by atoms with Crippen LogP contribution in [0.2, 0.25) is 0 Å². The number of hydrogen-bond acceptors (Lipinski definition) is 5. The van der Waals surface area contributed by atoms with Crippen molar-refractivity contribution in [1.82, 2.24) is 0 Å². The Morgan fingerprint density at radius 3 is 1.62 bits per heavy atom. The third-order valence-corrected chi connectivity index (χ3v) is 4.31. The van der Waals surface area contributed by atoms with E-state index in [1.54, 1.807) is 42.5 Å². The van der Waals surface area contributed by atoms with Gasteiger partial charge in [-0.25, -0.2) is 9.82 Å². The average Bonchev–Trinajstić information content (AvgIpc) is 2.64. The van der Waals surface area contributed by atoms with Gasteiger partial charge in [0, 0.05) is 0 Å². The Hall–Kier alpha value is -2.59. The Morgan fingerprint density at radius 2 is 1.08 bits per heavy atom. The van der Waals surface area contributed by atoms with Crippen LogP contribution in [-0.4, -0.2) is 5.26 Å². The van der Waals surface area contributed by atoms with Gasteiger partial charge in [0.2, 0.25) is 0 Å². The molecule has 0 aliphatic rings. The molecule has 0 aliphatic heterocycles. The molecule has 0 aromatic heterocycles. The molecule has 0 aliphatic carbocycles. The van der Waals surface area contributed by atoms with Gasteiger partial charge in [0.1, 0.15) is 11.5 Å². The molecule has 0 spiro atoms. The zero-order chi connectivity index (χ0) is 16.8. The predicted molar refractivity (Wildman–Crippen MR) is 90.9 cm³/mol. The third kappa shape index (κ3) is 4.03.